The van der Waals surface area contributed by atoms with Crippen LogP contribution < -0.4 is 5.32 Å². The number of benzene rings is 1. The second-order valence-corrected chi connectivity index (χ2v) is 5.50. The average Bonchev–Trinajstić information content (AvgIpc) is 2.66. The second-order valence-electron chi connectivity index (χ2n) is 3.21. The molecule has 0 spiro atoms. The molecular weight excluding hydrogens is 313 g/mol. The quantitative estimate of drug-likeness (QED) is 0.847. The molecule has 16 heavy (non-hydrogen) atoms. The second kappa shape index (κ2) is 5.17. The van der Waals surface area contributed by atoms with Gasteiger partial charge in [0.05, 0.1) is 9.50 Å². The highest BCUT2D eigenvalue weighted by Crippen LogP contribution is 2.22. The highest BCUT2D eigenvalue weighted by Gasteiger charge is 2.01. The molecule has 0 aliphatic carbocycles. The van der Waals surface area contributed by atoms with Crippen LogP contribution in [0.2, 0.25) is 5.02 Å². The van der Waals surface area contributed by atoms with E-state index in [9.17, 15) is 4.39 Å². The van der Waals surface area contributed by atoms with Gasteiger partial charge in [-0.2, -0.15) is 0 Å². The van der Waals surface area contributed by atoms with Gasteiger partial charge in [-0.3, -0.25) is 0 Å². The molecule has 0 saturated heterocycles. The van der Waals surface area contributed by atoms with E-state index in [4.69, 9.17) is 11.6 Å². The van der Waals surface area contributed by atoms with Gasteiger partial charge in [-0.1, -0.05) is 11.6 Å². The van der Waals surface area contributed by atoms with Crippen molar-refractivity contribution in [2.75, 3.05) is 5.32 Å². The van der Waals surface area contributed by atoms with E-state index < -0.39 is 0 Å². The van der Waals surface area contributed by atoms with Crippen molar-refractivity contribution in [3.63, 3.8) is 0 Å². The lowest BCUT2D eigenvalue weighted by Gasteiger charge is -2.05. The van der Waals surface area contributed by atoms with Crippen LogP contribution in [0.15, 0.2) is 34.1 Å². The standard InChI is InChI=1S/C11H8BrClFNS/c12-10-2-1-8(4-11(10)14)15-5-9-3-7(13)6-16-9/h1-4,6,15H,5H2. The molecule has 2 aromatic rings. The van der Waals surface area contributed by atoms with Gasteiger partial charge >= 0.3 is 0 Å². The zero-order valence-electron chi connectivity index (χ0n) is 8.14. The minimum atomic E-state index is -0.269. The van der Waals surface area contributed by atoms with E-state index in [2.05, 4.69) is 21.2 Å². The Morgan fingerprint density at radius 1 is 1.38 bits per heavy atom. The van der Waals surface area contributed by atoms with Gasteiger partial charge in [0.15, 0.2) is 0 Å². The number of hydrogen-bond donors (Lipinski definition) is 1. The first-order chi connectivity index (χ1) is 7.65. The van der Waals surface area contributed by atoms with Crippen LogP contribution in [-0.4, -0.2) is 0 Å². The van der Waals surface area contributed by atoms with Gasteiger partial charge < -0.3 is 5.32 Å². The number of anilines is 1. The molecule has 0 unspecified atom stereocenters. The first-order valence-corrected chi connectivity index (χ1v) is 6.62. The van der Waals surface area contributed by atoms with Crippen LogP contribution in [-0.2, 0) is 6.54 Å². The predicted octanol–water partition coefficient (Wildman–Crippen LogP) is 4.92. The molecule has 0 saturated carbocycles. The van der Waals surface area contributed by atoms with E-state index in [1.54, 1.807) is 17.4 Å². The Morgan fingerprint density at radius 2 is 2.19 bits per heavy atom. The number of hydrogen-bond acceptors (Lipinski definition) is 2. The largest absolute Gasteiger partial charge is 0.380 e. The molecule has 84 valence electrons. The first kappa shape index (κ1) is 11.9. The molecule has 1 heterocycles. The van der Waals surface area contributed by atoms with Crippen molar-refractivity contribution < 1.29 is 4.39 Å². The third-order valence-corrected chi connectivity index (χ3v) is 3.94. The summed E-state index contributed by atoms with van der Waals surface area (Å²) in [6.45, 7) is 0.651. The van der Waals surface area contributed by atoms with Crippen molar-refractivity contribution in [1.82, 2.24) is 0 Å². The fraction of sp³-hybridized carbons (Fsp3) is 0.0909. The van der Waals surface area contributed by atoms with Crippen LogP contribution in [0, 0.1) is 5.82 Å². The summed E-state index contributed by atoms with van der Waals surface area (Å²) in [4.78, 5) is 1.12. The Labute approximate surface area is 110 Å². The molecule has 0 aliphatic heterocycles. The predicted molar refractivity (Wildman–Crippen MR) is 70.8 cm³/mol. The molecule has 5 heteroatoms. The Hall–Kier alpha value is -0.580. The summed E-state index contributed by atoms with van der Waals surface area (Å²) in [5.74, 6) is -0.269. The SMILES string of the molecule is Fc1cc(NCc2cc(Cl)cs2)ccc1Br. The van der Waals surface area contributed by atoms with Crippen molar-refractivity contribution in [3.05, 3.63) is 49.8 Å². The molecule has 0 bridgehead atoms. The topological polar surface area (TPSA) is 12.0 Å². The summed E-state index contributed by atoms with van der Waals surface area (Å²) in [5.41, 5.74) is 0.755. The lowest BCUT2D eigenvalue weighted by atomic mass is 10.3. The summed E-state index contributed by atoms with van der Waals surface area (Å²) >= 11 is 10.5. The Morgan fingerprint density at radius 3 is 2.81 bits per heavy atom. The molecule has 2 rings (SSSR count). The van der Waals surface area contributed by atoms with Gasteiger partial charge in [0.1, 0.15) is 5.82 Å². The molecule has 1 nitrogen and oxygen atoms in total. The van der Waals surface area contributed by atoms with Crippen LogP contribution in [0.5, 0.6) is 0 Å². The lowest BCUT2D eigenvalue weighted by molar-refractivity contribution is 0.621. The van der Waals surface area contributed by atoms with Gasteiger partial charge in [-0.25, -0.2) is 4.39 Å². The molecule has 0 fully saturated rings. The van der Waals surface area contributed by atoms with E-state index in [0.29, 0.717) is 11.0 Å². The van der Waals surface area contributed by atoms with E-state index in [1.807, 2.05) is 17.5 Å². The maximum Gasteiger partial charge on any atom is 0.139 e. The molecule has 0 amide bonds. The van der Waals surface area contributed by atoms with Gasteiger partial charge in [-0.05, 0) is 40.2 Å². The monoisotopic (exact) mass is 319 g/mol. The number of rotatable bonds is 3. The molecule has 1 aromatic heterocycles. The summed E-state index contributed by atoms with van der Waals surface area (Å²) in [5, 5.41) is 5.75. The van der Waals surface area contributed by atoms with Gasteiger partial charge in [0.25, 0.3) is 0 Å². The smallest absolute Gasteiger partial charge is 0.139 e. The van der Waals surface area contributed by atoms with Crippen molar-refractivity contribution in [1.29, 1.82) is 0 Å². The first-order valence-electron chi connectivity index (χ1n) is 4.57. The minimum Gasteiger partial charge on any atom is -0.380 e. The minimum absolute atomic E-state index is 0.269. The highest BCUT2D eigenvalue weighted by molar-refractivity contribution is 9.10. The summed E-state index contributed by atoms with van der Waals surface area (Å²) in [7, 11) is 0. The van der Waals surface area contributed by atoms with Crippen LogP contribution in [0.1, 0.15) is 4.88 Å². The highest BCUT2D eigenvalue weighted by atomic mass is 79.9. The number of halogens is 3. The van der Waals surface area contributed by atoms with Crippen LogP contribution in [0.4, 0.5) is 10.1 Å². The maximum absolute atomic E-state index is 13.2. The van der Waals surface area contributed by atoms with Gasteiger partial charge in [0, 0.05) is 22.5 Å². The molecule has 1 N–H and O–H groups in total. The van der Waals surface area contributed by atoms with Crippen molar-refractivity contribution in [3.8, 4) is 0 Å². The van der Waals surface area contributed by atoms with Crippen molar-refractivity contribution in [2.24, 2.45) is 0 Å². The maximum atomic E-state index is 13.2. The zero-order chi connectivity index (χ0) is 11.5. The Kier molecular flexibility index (Phi) is 3.84. The van der Waals surface area contributed by atoms with E-state index in [1.165, 1.54) is 6.07 Å². The normalized spacial score (nSPS) is 10.4. The van der Waals surface area contributed by atoms with Gasteiger partial charge in [0.2, 0.25) is 0 Å². The Bertz CT molecular complexity index is 500. The fourth-order valence-corrected chi connectivity index (χ4v) is 2.50. The lowest BCUT2D eigenvalue weighted by Crippen LogP contribution is -1.97. The number of thiophene rings is 1. The summed E-state index contributed by atoms with van der Waals surface area (Å²) < 4.78 is 13.7. The summed E-state index contributed by atoms with van der Waals surface area (Å²) in [6.07, 6.45) is 0. The number of nitrogens with one attached hydrogen (secondary N) is 1. The van der Waals surface area contributed by atoms with Crippen LogP contribution >= 0.6 is 38.9 Å². The van der Waals surface area contributed by atoms with Crippen molar-refractivity contribution >= 4 is 44.6 Å². The third-order valence-electron chi connectivity index (χ3n) is 2.01. The third kappa shape index (κ3) is 2.97. The van der Waals surface area contributed by atoms with E-state index >= 15 is 0 Å². The van der Waals surface area contributed by atoms with Crippen molar-refractivity contribution in [2.45, 2.75) is 6.54 Å². The van der Waals surface area contributed by atoms with Crippen LogP contribution in [0.25, 0.3) is 0 Å². The van der Waals surface area contributed by atoms with E-state index in [-0.39, 0.29) is 5.82 Å². The fourth-order valence-electron chi connectivity index (χ4n) is 1.24. The average molecular weight is 321 g/mol. The molecule has 1 aromatic carbocycles. The summed E-state index contributed by atoms with van der Waals surface area (Å²) in [6, 6.07) is 6.86. The molecule has 0 radical (unpaired) electrons. The molecular formula is C11H8BrClFNS. The van der Waals surface area contributed by atoms with Gasteiger partial charge in [-0.15, -0.1) is 11.3 Å². The molecule has 0 aliphatic rings. The molecule has 0 atom stereocenters. The zero-order valence-corrected chi connectivity index (χ0v) is 11.3. The van der Waals surface area contributed by atoms with E-state index in [0.717, 1.165) is 15.6 Å². The van der Waals surface area contributed by atoms with Crippen LogP contribution in [0.3, 0.4) is 0 Å². The Balaban J connectivity index is 2.02.